The van der Waals surface area contributed by atoms with Gasteiger partial charge in [-0.1, -0.05) is 26.0 Å². The topological polar surface area (TPSA) is 61.4 Å². The zero-order chi connectivity index (χ0) is 15.6. The van der Waals surface area contributed by atoms with Gasteiger partial charge >= 0.3 is 0 Å². The van der Waals surface area contributed by atoms with E-state index in [9.17, 15) is 9.59 Å². The molecule has 0 saturated carbocycles. The van der Waals surface area contributed by atoms with E-state index in [-0.39, 0.29) is 36.4 Å². The van der Waals surface area contributed by atoms with Crippen molar-refractivity contribution < 1.29 is 9.59 Å². The Morgan fingerprint density at radius 3 is 2.52 bits per heavy atom. The molecule has 1 aromatic carbocycles. The van der Waals surface area contributed by atoms with Crippen molar-refractivity contribution in [3.63, 3.8) is 0 Å². The van der Waals surface area contributed by atoms with Gasteiger partial charge in [0.05, 0.1) is 17.9 Å². The molecule has 0 aliphatic carbocycles. The van der Waals surface area contributed by atoms with E-state index in [0.29, 0.717) is 0 Å². The molecule has 2 N–H and O–H groups in total. The molecule has 1 atom stereocenters. The molecular weight excluding hydrogens is 266 g/mol. The number of amides is 2. The van der Waals surface area contributed by atoms with Gasteiger partial charge in [-0.2, -0.15) is 0 Å². The molecule has 2 rings (SSSR count). The molecule has 1 aromatic rings. The van der Waals surface area contributed by atoms with E-state index < -0.39 is 0 Å². The number of rotatable bonds is 4. The highest BCUT2D eigenvalue weighted by atomic mass is 16.2. The van der Waals surface area contributed by atoms with Crippen molar-refractivity contribution in [2.24, 2.45) is 5.92 Å². The smallest absolute Gasteiger partial charge is 0.243 e. The van der Waals surface area contributed by atoms with E-state index in [1.54, 1.807) is 0 Å². The summed E-state index contributed by atoms with van der Waals surface area (Å²) in [5.74, 6) is -0.0242. The summed E-state index contributed by atoms with van der Waals surface area (Å²) in [7, 11) is 0. The van der Waals surface area contributed by atoms with Crippen LogP contribution in [-0.2, 0) is 9.59 Å². The highest BCUT2D eigenvalue weighted by Gasteiger charge is 2.34. The SMILES string of the molecule is CC(C)NC(=O)C(C(C)C)N1CC(=O)Nc2ccccc21. The van der Waals surface area contributed by atoms with Crippen LogP contribution in [0.25, 0.3) is 0 Å². The molecule has 21 heavy (non-hydrogen) atoms. The van der Waals surface area contributed by atoms with Crippen molar-refractivity contribution in [1.82, 2.24) is 5.32 Å². The quantitative estimate of drug-likeness (QED) is 0.891. The predicted molar refractivity (Wildman–Crippen MR) is 84.3 cm³/mol. The highest BCUT2D eigenvalue weighted by molar-refractivity contribution is 6.03. The summed E-state index contributed by atoms with van der Waals surface area (Å²) >= 11 is 0. The van der Waals surface area contributed by atoms with Crippen LogP contribution in [0.15, 0.2) is 24.3 Å². The number of nitrogens with zero attached hydrogens (tertiary/aromatic N) is 1. The lowest BCUT2D eigenvalue weighted by Crippen LogP contribution is -2.55. The van der Waals surface area contributed by atoms with Gasteiger partial charge in [-0.15, -0.1) is 0 Å². The van der Waals surface area contributed by atoms with Gasteiger partial charge in [0.15, 0.2) is 0 Å². The monoisotopic (exact) mass is 289 g/mol. The first-order chi connectivity index (χ1) is 9.90. The summed E-state index contributed by atoms with van der Waals surface area (Å²) < 4.78 is 0. The Hall–Kier alpha value is -2.04. The Bertz CT molecular complexity index is 540. The maximum atomic E-state index is 12.5. The van der Waals surface area contributed by atoms with Crippen molar-refractivity contribution in [3.05, 3.63) is 24.3 Å². The zero-order valence-corrected chi connectivity index (χ0v) is 13.0. The predicted octanol–water partition coefficient (Wildman–Crippen LogP) is 1.99. The second kappa shape index (κ2) is 6.16. The summed E-state index contributed by atoms with van der Waals surface area (Å²) in [6.07, 6.45) is 0. The van der Waals surface area contributed by atoms with Gasteiger partial charge in [-0.05, 0) is 31.9 Å². The van der Waals surface area contributed by atoms with E-state index in [0.717, 1.165) is 11.4 Å². The number of anilines is 2. The summed E-state index contributed by atoms with van der Waals surface area (Å²) in [6.45, 7) is 8.07. The van der Waals surface area contributed by atoms with E-state index in [1.807, 2.05) is 56.9 Å². The van der Waals surface area contributed by atoms with Crippen LogP contribution in [0, 0.1) is 5.92 Å². The fourth-order valence-electron chi connectivity index (χ4n) is 2.68. The second-order valence-electron chi connectivity index (χ2n) is 6.05. The maximum absolute atomic E-state index is 12.5. The summed E-state index contributed by atoms with van der Waals surface area (Å²) in [6, 6.07) is 7.30. The Morgan fingerprint density at radius 1 is 1.24 bits per heavy atom. The molecule has 1 unspecified atom stereocenters. The Kier molecular flexibility index (Phi) is 4.50. The number of nitrogens with one attached hydrogen (secondary N) is 2. The first-order valence-corrected chi connectivity index (χ1v) is 7.36. The van der Waals surface area contributed by atoms with Gasteiger partial charge in [0, 0.05) is 6.04 Å². The Morgan fingerprint density at radius 2 is 1.90 bits per heavy atom. The van der Waals surface area contributed by atoms with Gasteiger partial charge < -0.3 is 15.5 Å². The average molecular weight is 289 g/mol. The minimum Gasteiger partial charge on any atom is -0.352 e. The largest absolute Gasteiger partial charge is 0.352 e. The number of fused-ring (bicyclic) bond motifs is 1. The Balaban J connectivity index is 2.36. The summed E-state index contributed by atoms with van der Waals surface area (Å²) in [5, 5.41) is 5.81. The first kappa shape index (κ1) is 15.4. The lowest BCUT2D eigenvalue weighted by molar-refractivity contribution is -0.124. The lowest BCUT2D eigenvalue weighted by Gasteiger charge is -2.38. The van der Waals surface area contributed by atoms with Gasteiger partial charge in [0.1, 0.15) is 6.04 Å². The lowest BCUT2D eigenvalue weighted by atomic mass is 9.99. The molecule has 114 valence electrons. The third kappa shape index (κ3) is 3.35. The fourth-order valence-corrected chi connectivity index (χ4v) is 2.68. The Labute approximate surface area is 125 Å². The van der Waals surface area contributed by atoms with Crippen LogP contribution in [-0.4, -0.2) is 30.4 Å². The average Bonchev–Trinajstić information content (AvgIpc) is 2.37. The van der Waals surface area contributed by atoms with Gasteiger partial charge in [-0.25, -0.2) is 0 Å². The highest BCUT2D eigenvalue weighted by Crippen LogP contribution is 2.32. The number of hydrogen-bond donors (Lipinski definition) is 2. The van der Waals surface area contributed by atoms with Crippen LogP contribution in [0.3, 0.4) is 0 Å². The van der Waals surface area contributed by atoms with Crippen LogP contribution in [0.2, 0.25) is 0 Å². The van der Waals surface area contributed by atoms with E-state index in [1.165, 1.54) is 0 Å². The second-order valence-corrected chi connectivity index (χ2v) is 6.05. The molecule has 0 radical (unpaired) electrons. The van der Waals surface area contributed by atoms with Crippen LogP contribution >= 0.6 is 0 Å². The van der Waals surface area contributed by atoms with Crippen LogP contribution in [0.1, 0.15) is 27.7 Å². The zero-order valence-electron chi connectivity index (χ0n) is 13.0. The summed E-state index contributed by atoms with van der Waals surface area (Å²) in [5.41, 5.74) is 1.66. The van der Waals surface area contributed by atoms with E-state index >= 15 is 0 Å². The number of para-hydroxylation sites is 2. The van der Waals surface area contributed by atoms with Crippen molar-refractivity contribution in [1.29, 1.82) is 0 Å². The molecule has 5 nitrogen and oxygen atoms in total. The van der Waals surface area contributed by atoms with Crippen molar-refractivity contribution in [2.45, 2.75) is 39.8 Å². The van der Waals surface area contributed by atoms with Gasteiger partial charge in [-0.3, -0.25) is 9.59 Å². The van der Waals surface area contributed by atoms with Crippen molar-refractivity contribution in [3.8, 4) is 0 Å². The maximum Gasteiger partial charge on any atom is 0.243 e. The van der Waals surface area contributed by atoms with Crippen molar-refractivity contribution in [2.75, 3.05) is 16.8 Å². The normalized spacial score (nSPS) is 15.7. The number of hydrogen-bond acceptors (Lipinski definition) is 3. The van der Waals surface area contributed by atoms with Gasteiger partial charge in [0.25, 0.3) is 0 Å². The molecule has 0 fully saturated rings. The third-order valence-corrected chi connectivity index (χ3v) is 3.47. The van der Waals surface area contributed by atoms with Gasteiger partial charge in [0.2, 0.25) is 11.8 Å². The molecule has 5 heteroatoms. The minimum atomic E-state index is -0.361. The molecule has 0 spiro atoms. The molecular formula is C16H23N3O2. The number of benzene rings is 1. The molecule has 1 aliphatic heterocycles. The minimum absolute atomic E-state index is 0.0375. The third-order valence-electron chi connectivity index (χ3n) is 3.47. The molecule has 0 aromatic heterocycles. The standard InChI is InChI=1S/C16H23N3O2/c1-10(2)15(16(21)17-11(3)4)19-9-14(20)18-12-7-5-6-8-13(12)19/h5-8,10-11,15H,9H2,1-4H3,(H,17,21)(H,18,20). The molecule has 0 bridgehead atoms. The molecule has 1 heterocycles. The van der Waals surface area contributed by atoms with E-state index in [4.69, 9.17) is 0 Å². The van der Waals surface area contributed by atoms with Crippen LogP contribution in [0.5, 0.6) is 0 Å². The molecule has 2 amide bonds. The van der Waals surface area contributed by atoms with E-state index in [2.05, 4.69) is 10.6 Å². The fraction of sp³-hybridized carbons (Fsp3) is 0.500. The summed E-state index contributed by atoms with van der Waals surface area (Å²) in [4.78, 5) is 26.3. The molecule has 1 aliphatic rings. The van der Waals surface area contributed by atoms with Crippen LogP contribution in [0.4, 0.5) is 11.4 Å². The number of carbonyl (C=O) groups is 2. The molecule has 0 saturated heterocycles. The van der Waals surface area contributed by atoms with Crippen molar-refractivity contribution >= 4 is 23.2 Å². The first-order valence-electron chi connectivity index (χ1n) is 7.36. The number of carbonyl (C=O) groups excluding carboxylic acids is 2. The van der Waals surface area contributed by atoms with Crippen LogP contribution < -0.4 is 15.5 Å².